The van der Waals surface area contributed by atoms with Crippen LogP contribution in [-0.2, 0) is 0 Å². The first-order valence-corrected chi connectivity index (χ1v) is 11.5. The van der Waals surface area contributed by atoms with E-state index in [1.165, 1.54) is 83.8 Å². The molecular formula is C22H44IN5. The van der Waals surface area contributed by atoms with Gasteiger partial charge in [-0.05, 0) is 44.6 Å². The number of rotatable bonds is 5. The molecule has 0 aromatic rings. The quantitative estimate of drug-likeness (QED) is 0.353. The standard InChI is InChI=1S/C22H43N5.HI/c1-5-23-21(27-12-11-22(18-27)9-7-6-8-10-22)24-17-20(19(2)3)26-15-13-25(4)14-16-26;/h19-20H,5-18H2,1-4H3,(H,23,24);1H. The maximum absolute atomic E-state index is 5.17. The van der Waals surface area contributed by atoms with E-state index in [1.807, 2.05) is 0 Å². The predicted molar refractivity (Wildman–Crippen MR) is 131 cm³/mol. The van der Waals surface area contributed by atoms with Crippen molar-refractivity contribution in [3.63, 3.8) is 0 Å². The van der Waals surface area contributed by atoms with Gasteiger partial charge in [-0.3, -0.25) is 9.89 Å². The molecule has 0 bridgehead atoms. The molecule has 1 atom stereocenters. The van der Waals surface area contributed by atoms with Gasteiger partial charge >= 0.3 is 0 Å². The lowest BCUT2D eigenvalue weighted by Gasteiger charge is -2.39. The summed E-state index contributed by atoms with van der Waals surface area (Å²) < 4.78 is 0. The number of hydrogen-bond donors (Lipinski definition) is 1. The fraction of sp³-hybridized carbons (Fsp3) is 0.955. The van der Waals surface area contributed by atoms with E-state index in [0.717, 1.165) is 13.1 Å². The molecule has 1 N–H and O–H groups in total. The average molecular weight is 506 g/mol. The summed E-state index contributed by atoms with van der Waals surface area (Å²) in [5, 5.41) is 3.60. The minimum Gasteiger partial charge on any atom is -0.357 e. The van der Waals surface area contributed by atoms with Gasteiger partial charge < -0.3 is 15.1 Å². The Kier molecular flexibility index (Phi) is 9.81. The van der Waals surface area contributed by atoms with Crippen LogP contribution >= 0.6 is 24.0 Å². The lowest BCUT2D eigenvalue weighted by molar-refractivity contribution is 0.0924. The molecule has 3 rings (SSSR count). The van der Waals surface area contributed by atoms with E-state index in [0.29, 0.717) is 17.4 Å². The largest absolute Gasteiger partial charge is 0.357 e. The highest BCUT2D eigenvalue weighted by molar-refractivity contribution is 14.0. The summed E-state index contributed by atoms with van der Waals surface area (Å²) in [6.45, 7) is 15.9. The van der Waals surface area contributed by atoms with Gasteiger partial charge in [-0.25, -0.2) is 0 Å². The zero-order valence-electron chi connectivity index (χ0n) is 18.8. The van der Waals surface area contributed by atoms with Gasteiger partial charge in [-0.2, -0.15) is 0 Å². The second-order valence-corrected chi connectivity index (χ2v) is 9.58. The first kappa shape index (κ1) is 24.2. The van der Waals surface area contributed by atoms with Crippen LogP contribution in [0, 0.1) is 11.3 Å². The summed E-state index contributed by atoms with van der Waals surface area (Å²) in [5.74, 6) is 1.81. The predicted octanol–water partition coefficient (Wildman–Crippen LogP) is 3.50. The molecule has 2 heterocycles. The first-order chi connectivity index (χ1) is 13.0. The molecule has 3 aliphatic rings. The molecule has 164 valence electrons. The van der Waals surface area contributed by atoms with Crippen LogP contribution in [0.1, 0.15) is 59.3 Å². The zero-order chi connectivity index (χ0) is 19.3. The highest BCUT2D eigenvalue weighted by Gasteiger charge is 2.39. The van der Waals surface area contributed by atoms with E-state index in [-0.39, 0.29) is 24.0 Å². The molecule has 2 aliphatic heterocycles. The highest BCUT2D eigenvalue weighted by atomic mass is 127. The van der Waals surface area contributed by atoms with Crippen LogP contribution in [-0.4, -0.2) is 86.1 Å². The van der Waals surface area contributed by atoms with Crippen LogP contribution in [0.3, 0.4) is 0 Å². The van der Waals surface area contributed by atoms with Crippen LogP contribution in [0.5, 0.6) is 0 Å². The third-order valence-corrected chi connectivity index (χ3v) is 7.19. The molecule has 6 heteroatoms. The van der Waals surface area contributed by atoms with Crippen molar-refractivity contribution in [2.24, 2.45) is 16.3 Å². The third kappa shape index (κ3) is 6.21. The fourth-order valence-corrected chi connectivity index (χ4v) is 5.33. The molecule has 0 radical (unpaired) electrons. The second kappa shape index (κ2) is 11.3. The Hall–Kier alpha value is -0.0800. The summed E-state index contributed by atoms with van der Waals surface area (Å²) >= 11 is 0. The van der Waals surface area contributed by atoms with Crippen molar-refractivity contribution in [3.05, 3.63) is 0 Å². The van der Waals surface area contributed by atoms with Crippen LogP contribution < -0.4 is 5.32 Å². The van der Waals surface area contributed by atoms with Crippen molar-refractivity contribution in [3.8, 4) is 0 Å². The first-order valence-electron chi connectivity index (χ1n) is 11.5. The van der Waals surface area contributed by atoms with Crippen molar-refractivity contribution in [2.45, 2.75) is 65.3 Å². The van der Waals surface area contributed by atoms with Crippen LogP contribution in [0.4, 0.5) is 0 Å². The number of likely N-dealkylation sites (tertiary alicyclic amines) is 1. The molecule has 1 aliphatic carbocycles. The Bertz CT molecular complexity index is 481. The molecule has 0 aromatic heterocycles. The van der Waals surface area contributed by atoms with E-state index < -0.39 is 0 Å². The molecule has 3 fully saturated rings. The molecular weight excluding hydrogens is 461 g/mol. The van der Waals surface area contributed by atoms with Gasteiger partial charge in [0.1, 0.15) is 0 Å². The van der Waals surface area contributed by atoms with Gasteiger partial charge in [0.05, 0.1) is 6.54 Å². The van der Waals surface area contributed by atoms with Crippen molar-refractivity contribution in [1.29, 1.82) is 0 Å². The zero-order valence-corrected chi connectivity index (χ0v) is 21.1. The molecule has 0 amide bonds. The Balaban J connectivity index is 0.00000280. The number of nitrogens with zero attached hydrogens (tertiary/aromatic N) is 4. The van der Waals surface area contributed by atoms with Gasteiger partial charge in [0, 0.05) is 51.9 Å². The minimum absolute atomic E-state index is 0. The molecule has 1 saturated carbocycles. The number of aliphatic imine (C=N–C) groups is 1. The van der Waals surface area contributed by atoms with Gasteiger partial charge in [0.15, 0.2) is 5.96 Å². The maximum Gasteiger partial charge on any atom is 0.193 e. The van der Waals surface area contributed by atoms with Crippen molar-refractivity contribution >= 4 is 29.9 Å². The second-order valence-electron chi connectivity index (χ2n) is 9.58. The smallest absolute Gasteiger partial charge is 0.193 e. The van der Waals surface area contributed by atoms with Crippen molar-refractivity contribution in [1.82, 2.24) is 20.0 Å². The van der Waals surface area contributed by atoms with Crippen molar-refractivity contribution in [2.75, 3.05) is 59.4 Å². The third-order valence-electron chi connectivity index (χ3n) is 7.19. The van der Waals surface area contributed by atoms with E-state index in [1.54, 1.807) is 0 Å². The number of halogens is 1. The minimum atomic E-state index is 0. The maximum atomic E-state index is 5.17. The van der Waals surface area contributed by atoms with Gasteiger partial charge in [-0.15, -0.1) is 24.0 Å². The van der Waals surface area contributed by atoms with Crippen LogP contribution in [0.2, 0.25) is 0 Å². The molecule has 5 nitrogen and oxygen atoms in total. The Morgan fingerprint density at radius 2 is 1.68 bits per heavy atom. The lowest BCUT2D eigenvalue weighted by Crippen LogP contribution is -2.52. The highest BCUT2D eigenvalue weighted by Crippen LogP contribution is 2.43. The monoisotopic (exact) mass is 505 g/mol. The van der Waals surface area contributed by atoms with E-state index in [2.05, 4.69) is 47.8 Å². The Morgan fingerprint density at radius 3 is 2.29 bits per heavy atom. The summed E-state index contributed by atoms with van der Waals surface area (Å²) in [6.07, 6.45) is 8.53. The fourth-order valence-electron chi connectivity index (χ4n) is 5.33. The number of likely N-dealkylation sites (N-methyl/N-ethyl adjacent to an activating group) is 1. The molecule has 1 spiro atoms. The van der Waals surface area contributed by atoms with Gasteiger partial charge in [-0.1, -0.05) is 33.1 Å². The van der Waals surface area contributed by atoms with Crippen LogP contribution in [0.15, 0.2) is 4.99 Å². The average Bonchev–Trinajstić information content (AvgIpc) is 3.06. The van der Waals surface area contributed by atoms with Gasteiger partial charge in [0.2, 0.25) is 0 Å². The normalized spacial score (nSPS) is 25.2. The lowest BCUT2D eigenvalue weighted by atomic mass is 9.73. The molecule has 28 heavy (non-hydrogen) atoms. The van der Waals surface area contributed by atoms with Crippen LogP contribution in [0.25, 0.3) is 0 Å². The molecule has 0 aromatic carbocycles. The van der Waals surface area contributed by atoms with Gasteiger partial charge in [0.25, 0.3) is 0 Å². The summed E-state index contributed by atoms with van der Waals surface area (Å²) in [7, 11) is 2.23. The molecule has 2 saturated heterocycles. The number of hydrogen-bond acceptors (Lipinski definition) is 3. The number of guanidine groups is 1. The van der Waals surface area contributed by atoms with E-state index >= 15 is 0 Å². The summed E-state index contributed by atoms with van der Waals surface area (Å²) in [5.41, 5.74) is 0.587. The van der Waals surface area contributed by atoms with E-state index in [4.69, 9.17) is 4.99 Å². The SMILES string of the molecule is CCNC(=NCC(C(C)C)N1CCN(C)CC1)N1CCC2(CCCCC2)C1.I. The topological polar surface area (TPSA) is 34.1 Å². The summed E-state index contributed by atoms with van der Waals surface area (Å²) in [6, 6.07) is 0.554. The van der Waals surface area contributed by atoms with E-state index in [9.17, 15) is 0 Å². The molecule has 1 unspecified atom stereocenters. The Labute approximate surface area is 190 Å². The van der Waals surface area contributed by atoms with Crippen molar-refractivity contribution < 1.29 is 0 Å². The summed E-state index contributed by atoms with van der Waals surface area (Å²) in [4.78, 5) is 12.8. The number of nitrogens with one attached hydrogen (secondary N) is 1. The number of piperazine rings is 1. The Morgan fingerprint density at radius 1 is 1.00 bits per heavy atom.